The van der Waals surface area contributed by atoms with Crippen LogP contribution in [0.3, 0.4) is 0 Å². The van der Waals surface area contributed by atoms with Crippen LogP contribution in [0, 0.1) is 5.41 Å². The first-order chi connectivity index (χ1) is 10.6. The highest BCUT2D eigenvalue weighted by Gasteiger charge is 2.29. The highest BCUT2D eigenvalue weighted by molar-refractivity contribution is 6.33. The van der Waals surface area contributed by atoms with Gasteiger partial charge in [-0.25, -0.2) is 4.98 Å². The molecule has 3 nitrogen and oxygen atoms in total. The molecule has 1 atom stereocenters. The van der Waals surface area contributed by atoms with E-state index < -0.39 is 0 Å². The highest BCUT2D eigenvalue weighted by atomic mass is 35.5. The van der Waals surface area contributed by atoms with Crippen LogP contribution in [0.4, 0.5) is 0 Å². The third-order valence-corrected chi connectivity index (χ3v) is 4.56. The Labute approximate surface area is 140 Å². The summed E-state index contributed by atoms with van der Waals surface area (Å²) in [5.74, 6) is 0.600. The fraction of sp³-hybridized carbons (Fsp3) is 0.353. The van der Waals surface area contributed by atoms with E-state index in [1.54, 1.807) is 6.20 Å². The molecule has 0 saturated carbocycles. The van der Waals surface area contributed by atoms with Crippen molar-refractivity contribution in [3.05, 3.63) is 46.6 Å². The SMILES string of the molecule is CC1(COc2cc(-c3ccc(Cl)cc3)c(Cl)cn2)CCNC1. The number of nitrogens with zero attached hydrogens (tertiary/aromatic N) is 1. The molecule has 22 heavy (non-hydrogen) atoms. The second-order valence-corrected chi connectivity index (χ2v) is 6.88. The van der Waals surface area contributed by atoms with Crippen LogP contribution in [-0.4, -0.2) is 24.7 Å². The maximum absolute atomic E-state index is 6.26. The van der Waals surface area contributed by atoms with Gasteiger partial charge in [0.15, 0.2) is 0 Å². The van der Waals surface area contributed by atoms with Gasteiger partial charge < -0.3 is 10.1 Å². The Bertz CT molecular complexity index is 652. The molecule has 1 aromatic carbocycles. The van der Waals surface area contributed by atoms with E-state index in [1.807, 2.05) is 30.3 Å². The van der Waals surface area contributed by atoms with Crippen molar-refractivity contribution in [2.75, 3.05) is 19.7 Å². The smallest absolute Gasteiger partial charge is 0.213 e. The number of hydrogen-bond acceptors (Lipinski definition) is 3. The van der Waals surface area contributed by atoms with Crippen LogP contribution in [0.1, 0.15) is 13.3 Å². The maximum atomic E-state index is 6.26. The molecular weight excluding hydrogens is 319 g/mol. The van der Waals surface area contributed by atoms with Crippen molar-refractivity contribution in [3.63, 3.8) is 0 Å². The zero-order valence-electron chi connectivity index (χ0n) is 12.4. The van der Waals surface area contributed by atoms with E-state index in [0.717, 1.165) is 30.6 Å². The summed E-state index contributed by atoms with van der Waals surface area (Å²) in [4.78, 5) is 4.27. The van der Waals surface area contributed by atoms with Crippen molar-refractivity contribution in [2.24, 2.45) is 5.41 Å². The molecule has 1 aromatic heterocycles. The molecule has 1 aliphatic heterocycles. The molecule has 0 aliphatic carbocycles. The van der Waals surface area contributed by atoms with Crippen LogP contribution in [-0.2, 0) is 0 Å². The summed E-state index contributed by atoms with van der Waals surface area (Å²) in [7, 11) is 0. The molecule has 2 heterocycles. The molecule has 1 saturated heterocycles. The first kappa shape index (κ1) is 15.6. The molecule has 0 bridgehead atoms. The molecule has 1 fully saturated rings. The topological polar surface area (TPSA) is 34.1 Å². The summed E-state index contributed by atoms with van der Waals surface area (Å²) in [5, 5.41) is 4.67. The molecule has 1 N–H and O–H groups in total. The summed E-state index contributed by atoms with van der Waals surface area (Å²) in [6.07, 6.45) is 2.75. The van der Waals surface area contributed by atoms with Crippen molar-refractivity contribution in [1.82, 2.24) is 10.3 Å². The van der Waals surface area contributed by atoms with E-state index in [9.17, 15) is 0 Å². The number of ether oxygens (including phenoxy) is 1. The molecule has 0 radical (unpaired) electrons. The standard InChI is InChI=1S/C17H18Cl2N2O/c1-17(6-7-20-10-17)11-22-16-8-14(15(19)9-21-16)12-2-4-13(18)5-3-12/h2-5,8-9,20H,6-7,10-11H2,1H3. The fourth-order valence-electron chi connectivity index (χ4n) is 2.59. The summed E-state index contributed by atoms with van der Waals surface area (Å²) < 4.78 is 5.90. The van der Waals surface area contributed by atoms with Crippen molar-refractivity contribution in [1.29, 1.82) is 0 Å². The number of pyridine rings is 1. The molecule has 0 spiro atoms. The lowest BCUT2D eigenvalue weighted by molar-refractivity contribution is 0.175. The number of hydrogen-bond donors (Lipinski definition) is 1. The minimum atomic E-state index is 0.168. The Hall–Kier alpha value is -1.29. The van der Waals surface area contributed by atoms with Crippen molar-refractivity contribution >= 4 is 23.2 Å². The van der Waals surface area contributed by atoms with E-state index in [1.165, 1.54) is 0 Å². The number of aromatic nitrogens is 1. The normalized spacial score (nSPS) is 21.0. The third kappa shape index (κ3) is 3.54. The molecule has 0 amide bonds. The zero-order chi connectivity index (χ0) is 15.6. The zero-order valence-corrected chi connectivity index (χ0v) is 13.9. The molecule has 2 aromatic rings. The van der Waals surface area contributed by atoms with Gasteiger partial charge in [0, 0.05) is 28.6 Å². The summed E-state index contributed by atoms with van der Waals surface area (Å²) >= 11 is 12.2. The summed E-state index contributed by atoms with van der Waals surface area (Å²) in [6.45, 7) is 4.90. The van der Waals surface area contributed by atoms with Crippen LogP contribution in [0.15, 0.2) is 36.5 Å². The second-order valence-electron chi connectivity index (χ2n) is 6.04. The first-order valence-electron chi connectivity index (χ1n) is 7.31. The van der Waals surface area contributed by atoms with Gasteiger partial charge in [0.05, 0.1) is 17.8 Å². The van der Waals surface area contributed by atoms with Gasteiger partial charge in [0.25, 0.3) is 0 Å². The third-order valence-electron chi connectivity index (χ3n) is 4.01. The Morgan fingerprint density at radius 3 is 2.73 bits per heavy atom. The molecule has 116 valence electrons. The number of benzene rings is 1. The quantitative estimate of drug-likeness (QED) is 0.896. The fourth-order valence-corrected chi connectivity index (χ4v) is 2.93. The lowest BCUT2D eigenvalue weighted by Gasteiger charge is -2.22. The minimum absolute atomic E-state index is 0.168. The Morgan fingerprint density at radius 2 is 2.05 bits per heavy atom. The largest absolute Gasteiger partial charge is 0.477 e. The molecular formula is C17H18Cl2N2O. The van der Waals surface area contributed by atoms with E-state index in [2.05, 4.69) is 17.2 Å². The van der Waals surface area contributed by atoms with Crippen LogP contribution >= 0.6 is 23.2 Å². The summed E-state index contributed by atoms with van der Waals surface area (Å²) in [6, 6.07) is 9.46. The van der Waals surface area contributed by atoms with Gasteiger partial charge in [-0.2, -0.15) is 0 Å². The van der Waals surface area contributed by atoms with E-state index >= 15 is 0 Å². The van der Waals surface area contributed by atoms with Crippen LogP contribution in [0.5, 0.6) is 5.88 Å². The van der Waals surface area contributed by atoms with Crippen molar-refractivity contribution in [3.8, 4) is 17.0 Å². The van der Waals surface area contributed by atoms with Gasteiger partial charge in [0.2, 0.25) is 5.88 Å². The van der Waals surface area contributed by atoms with E-state index in [-0.39, 0.29) is 5.41 Å². The van der Waals surface area contributed by atoms with Gasteiger partial charge in [-0.3, -0.25) is 0 Å². The van der Waals surface area contributed by atoms with Gasteiger partial charge in [-0.1, -0.05) is 42.3 Å². The lowest BCUT2D eigenvalue weighted by Crippen LogP contribution is -2.27. The van der Waals surface area contributed by atoms with Gasteiger partial charge in [0.1, 0.15) is 0 Å². The van der Waals surface area contributed by atoms with Gasteiger partial charge >= 0.3 is 0 Å². The monoisotopic (exact) mass is 336 g/mol. The van der Waals surface area contributed by atoms with Crippen LogP contribution in [0.2, 0.25) is 10.0 Å². The lowest BCUT2D eigenvalue weighted by atomic mass is 9.91. The van der Waals surface area contributed by atoms with Crippen LogP contribution < -0.4 is 10.1 Å². The Balaban J connectivity index is 1.79. The predicted octanol–water partition coefficient (Wildman–Crippen LogP) is 4.43. The maximum Gasteiger partial charge on any atom is 0.213 e. The molecule has 1 aliphatic rings. The average molecular weight is 337 g/mol. The average Bonchev–Trinajstić information content (AvgIpc) is 2.95. The molecule has 3 rings (SSSR count). The number of nitrogens with one attached hydrogen (secondary N) is 1. The van der Waals surface area contributed by atoms with Crippen molar-refractivity contribution in [2.45, 2.75) is 13.3 Å². The molecule has 5 heteroatoms. The highest BCUT2D eigenvalue weighted by Crippen LogP contribution is 2.32. The van der Waals surface area contributed by atoms with E-state index in [4.69, 9.17) is 27.9 Å². The first-order valence-corrected chi connectivity index (χ1v) is 8.06. The second kappa shape index (κ2) is 6.45. The summed E-state index contributed by atoms with van der Waals surface area (Å²) in [5.41, 5.74) is 2.07. The Kier molecular flexibility index (Phi) is 4.57. The van der Waals surface area contributed by atoms with Gasteiger partial charge in [-0.05, 0) is 30.7 Å². The number of halogens is 2. The predicted molar refractivity (Wildman–Crippen MR) is 90.8 cm³/mol. The van der Waals surface area contributed by atoms with Crippen LogP contribution in [0.25, 0.3) is 11.1 Å². The number of rotatable bonds is 4. The van der Waals surface area contributed by atoms with E-state index in [0.29, 0.717) is 22.5 Å². The molecule has 1 unspecified atom stereocenters. The van der Waals surface area contributed by atoms with Crippen molar-refractivity contribution < 1.29 is 4.74 Å². The van der Waals surface area contributed by atoms with Gasteiger partial charge in [-0.15, -0.1) is 0 Å². The Morgan fingerprint density at radius 1 is 1.27 bits per heavy atom. The minimum Gasteiger partial charge on any atom is -0.477 e.